The van der Waals surface area contributed by atoms with Crippen LogP contribution in [0, 0.1) is 6.92 Å². The first-order valence-electron chi connectivity index (χ1n) is 7.35. The van der Waals surface area contributed by atoms with E-state index < -0.39 is 10.0 Å². The fourth-order valence-electron chi connectivity index (χ4n) is 2.20. The van der Waals surface area contributed by atoms with Crippen molar-refractivity contribution in [3.05, 3.63) is 71.2 Å². The lowest BCUT2D eigenvalue weighted by Crippen LogP contribution is -2.11. The largest absolute Gasteiger partial charge is 0.366 e. The Labute approximate surface area is 145 Å². The van der Waals surface area contributed by atoms with Gasteiger partial charge in [-0.25, -0.2) is 13.4 Å². The molecule has 0 bridgehead atoms. The molecule has 7 heteroatoms. The second-order valence-electron chi connectivity index (χ2n) is 5.31. The third-order valence-electron chi connectivity index (χ3n) is 3.33. The maximum absolute atomic E-state index is 12.1. The van der Waals surface area contributed by atoms with Crippen LogP contribution in [0.1, 0.15) is 11.1 Å². The van der Waals surface area contributed by atoms with Crippen molar-refractivity contribution in [3.63, 3.8) is 0 Å². The first-order valence-corrected chi connectivity index (χ1v) is 9.71. The minimum atomic E-state index is -3.53. The molecule has 124 valence electrons. The maximum Gasteiger partial charge on any atom is 0.271 e. The standard InChI is InChI=1S/C17H17N3O2S2/c1-13-4-2-5-14(10-13)11-18-16-8-7-15(12-19-16)20-24(21,22)17-6-3-9-23-17/h2-10,12,20H,11H2,1H3,(H,18,19). The number of hydrogen-bond acceptors (Lipinski definition) is 5. The lowest BCUT2D eigenvalue weighted by atomic mass is 10.1. The highest BCUT2D eigenvalue weighted by atomic mass is 32.2. The number of nitrogens with one attached hydrogen (secondary N) is 2. The lowest BCUT2D eigenvalue weighted by molar-refractivity contribution is 0.603. The van der Waals surface area contributed by atoms with Gasteiger partial charge in [0.1, 0.15) is 10.0 Å². The van der Waals surface area contributed by atoms with E-state index in [0.717, 1.165) is 0 Å². The van der Waals surface area contributed by atoms with Crippen LogP contribution in [0.3, 0.4) is 0 Å². The normalized spacial score (nSPS) is 11.2. The predicted octanol–water partition coefficient (Wildman–Crippen LogP) is 3.86. The molecule has 3 aromatic rings. The van der Waals surface area contributed by atoms with Gasteiger partial charge in [0.15, 0.2) is 0 Å². The zero-order valence-corrected chi connectivity index (χ0v) is 14.7. The van der Waals surface area contributed by atoms with E-state index in [1.807, 2.05) is 12.1 Å². The van der Waals surface area contributed by atoms with Gasteiger partial charge in [-0.05, 0) is 36.1 Å². The Morgan fingerprint density at radius 1 is 1.12 bits per heavy atom. The summed E-state index contributed by atoms with van der Waals surface area (Å²) < 4.78 is 27.1. The summed E-state index contributed by atoms with van der Waals surface area (Å²) in [7, 11) is -3.53. The van der Waals surface area contributed by atoms with Crippen LogP contribution in [0.15, 0.2) is 64.3 Å². The van der Waals surface area contributed by atoms with Gasteiger partial charge in [0.25, 0.3) is 10.0 Å². The van der Waals surface area contributed by atoms with Crippen molar-refractivity contribution >= 4 is 32.9 Å². The monoisotopic (exact) mass is 359 g/mol. The van der Waals surface area contributed by atoms with Crippen LogP contribution < -0.4 is 10.0 Å². The number of nitrogens with zero attached hydrogens (tertiary/aromatic N) is 1. The Kier molecular flexibility index (Phi) is 4.82. The predicted molar refractivity (Wildman–Crippen MR) is 97.9 cm³/mol. The third kappa shape index (κ3) is 4.12. The molecular weight excluding hydrogens is 342 g/mol. The number of aromatic nitrogens is 1. The number of benzene rings is 1. The van der Waals surface area contributed by atoms with Crippen LogP contribution in [0.25, 0.3) is 0 Å². The fourth-order valence-corrected chi connectivity index (χ4v) is 4.23. The molecule has 1 aromatic carbocycles. The highest BCUT2D eigenvalue weighted by Gasteiger charge is 2.15. The number of pyridine rings is 1. The van der Waals surface area contributed by atoms with Gasteiger partial charge in [0.2, 0.25) is 0 Å². The van der Waals surface area contributed by atoms with Crippen molar-refractivity contribution < 1.29 is 8.42 Å². The molecule has 2 N–H and O–H groups in total. The Morgan fingerprint density at radius 3 is 2.67 bits per heavy atom. The summed E-state index contributed by atoms with van der Waals surface area (Å²) in [6.07, 6.45) is 1.50. The molecule has 3 rings (SSSR count). The summed E-state index contributed by atoms with van der Waals surface area (Å²) in [6, 6.07) is 14.9. The topological polar surface area (TPSA) is 71.1 Å². The van der Waals surface area contributed by atoms with Crippen LogP contribution in [0.5, 0.6) is 0 Å². The highest BCUT2D eigenvalue weighted by Crippen LogP contribution is 2.20. The molecule has 0 saturated heterocycles. The molecule has 0 spiro atoms. The maximum atomic E-state index is 12.1. The SMILES string of the molecule is Cc1cccc(CNc2ccc(NS(=O)(=O)c3cccs3)cn2)c1. The number of anilines is 2. The van der Waals surface area contributed by atoms with E-state index in [9.17, 15) is 8.42 Å². The molecule has 0 radical (unpaired) electrons. The van der Waals surface area contributed by atoms with Crippen LogP contribution >= 0.6 is 11.3 Å². The zero-order chi connectivity index (χ0) is 17.0. The fraction of sp³-hybridized carbons (Fsp3) is 0.118. The molecule has 2 heterocycles. The summed E-state index contributed by atoms with van der Waals surface area (Å²) >= 11 is 1.18. The number of thiophene rings is 1. The zero-order valence-electron chi connectivity index (χ0n) is 13.1. The number of hydrogen-bond donors (Lipinski definition) is 2. The van der Waals surface area contributed by atoms with Crippen molar-refractivity contribution in [3.8, 4) is 0 Å². The molecule has 0 aliphatic carbocycles. The Hall–Kier alpha value is -2.38. The first kappa shape index (κ1) is 16.5. The van der Waals surface area contributed by atoms with E-state index >= 15 is 0 Å². The summed E-state index contributed by atoms with van der Waals surface area (Å²) in [5, 5.41) is 4.95. The molecule has 0 aliphatic heterocycles. The summed E-state index contributed by atoms with van der Waals surface area (Å²) in [6.45, 7) is 2.71. The van der Waals surface area contributed by atoms with E-state index in [4.69, 9.17) is 0 Å². The van der Waals surface area contributed by atoms with Crippen molar-refractivity contribution in [2.75, 3.05) is 10.0 Å². The van der Waals surface area contributed by atoms with Gasteiger partial charge in [-0.2, -0.15) is 0 Å². The van der Waals surface area contributed by atoms with Crippen molar-refractivity contribution in [2.24, 2.45) is 0 Å². The Morgan fingerprint density at radius 2 is 2.00 bits per heavy atom. The van der Waals surface area contributed by atoms with Crippen LogP contribution in [-0.2, 0) is 16.6 Å². The minimum absolute atomic E-state index is 0.282. The van der Waals surface area contributed by atoms with Crippen molar-refractivity contribution in [2.45, 2.75) is 17.7 Å². The molecule has 0 unspecified atom stereocenters. The summed E-state index contributed by atoms with van der Waals surface area (Å²) in [4.78, 5) is 4.25. The Balaban J connectivity index is 1.63. The average molecular weight is 359 g/mol. The summed E-state index contributed by atoms with van der Waals surface area (Å²) in [5.41, 5.74) is 2.81. The van der Waals surface area contributed by atoms with Crippen molar-refractivity contribution in [1.82, 2.24) is 4.98 Å². The van der Waals surface area contributed by atoms with Gasteiger partial charge in [-0.3, -0.25) is 4.72 Å². The molecule has 0 amide bonds. The Bertz CT molecular complexity index is 905. The van der Waals surface area contributed by atoms with Gasteiger partial charge in [-0.15, -0.1) is 11.3 Å². The molecule has 0 atom stereocenters. The van der Waals surface area contributed by atoms with Gasteiger partial charge in [0.05, 0.1) is 11.9 Å². The minimum Gasteiger partial charge on any atom is -0.366 e. The number of aryl methyl sites for hydroxylation is 1. The van der Waals surface area contributed by atoms with E-state index in [1.165, 1.54) is 28.7 Å². The smallest absolute Gasteiger partial charge is 0.271 e. The molecule has 0 aliphatic rings. The van der Waals surface area contributed by atoms with Gasteiger partial charge in [0, 0.05) is 6.54 Å². The third-order valence-corrected chi connectivity index (χ3v) is 6.11. The lowest BCUT2D eigenvalue weighted by Gasteiger charge is -2.09. The van der Waals surface area contributed by atoms with Gasteiger partial charge in [-0.1, -0.05) is 35.9 Å². The van der Waals surface area contributed by atoms with Crippen LogP contribution in [0.4, 0.5) is 11.5 Å². The first-order chi connectivity index (χ1) is 11.5. The molecule has 0 saturated carbocycles. The van der Waals surface area contributed by atoms with E-state index in [1.54, 1.807) is 29.6 Å². The average Bonchev–Trinajstić information content (AvgIpc) is 3.09. The summed E-state index contributed by atoms with van der Waals surface area (Å²) in [5.74, 6) is 0.690. The molecule has 24 heavy (non-hydrogen) atoms. The van der Waals surface area contributed by atoms with Crippen molar-refractivity contribution in [1.29, 1.82) is 0 Å². The second kappa shape index (κ2) is 7.02. The van der Waals surface area contributed by atoms with Crippen LogP contribution in [-0.4, -0.2) is 13.4 Å². The highest BCUT2D eigenvalue weighted by molar-refractivity contribution is 7.94. The second-order valence-corrected chi connectivity index (χ2v) is 8.17. The van der Waals surface area contributed by atoms with Gasteiger partial charge >= 0.3 is 0 Å². The van der Waals surface area contributed by atoms with Gasteiger partial charge < -0.3 is 5.32 Å². The van der Waals surface area contributed by atoms with E-state index in [-0.39, 0.29) is 4.21 Å². The molecule has 5 nitrogen and oxygen atoms in total. The number of rotatable bonds is 6. The molecular formula is C17H17N3O2S2. The molecule has 0 fully saturated rings. The van der Waals surface area contributed by atoms with Crippen LogP contribution in [0.2, 0.25) is 0 Å². The van der Waals surface area contributed by atoms with E-state index in [2.05, 4.69) is 34.1 Å². The number of sulfonamides is 1. The van der Waals surface area contributed by atoms with E-state index in [0.29, 0.717) is 18.1 Å². The quantitative estimate of drug-likeness (QED) is 0.701. The molecule has 2 aromatic heterocycles.